The minimum absolute atomic E-state index is 0.226. The molecular weight excluding hydrogens is 276 g/mol. The van der Waals surface area contributed by atoms with Crippen LogP contribution in [-0.4, -0.2) is 41.7 Å². The molecule has 3 heterocycles. The molecule has 0 spiro atoms. The van der Waals surface area contributed by atoms with Gasteiger partial charge in [0.15, 0.2) is 0 Å². The van der Waals surface area contributed by atoms with Crippen LogP contribution in [0.5, 0.6) is 0 Å². The molecule has 1 aromatic heterocycles. The lowest BCUT2D eigenvalue weighted by Crippen LogP contribution is -2.55. The number of piperazine rings is 1. The molecule has 0 radical (unpaired) electrons. The van der Waals surface area contributed by atoms with E-state index in [4.69, 9.17) is 0 Å². The Morgan fingerprint density at radius 3 is 2.79 bits per heavy atom. The number of rotatable bonds is 1. The molecule has 1 aromatic rings. The molecule has 0 aliphatic carbocycles. The molecule has 3 nitrogen and oxygen atoms in total. The number of nitrogens with one attached hydrogen (secondary N) is 1. The molecule has 1 fully saturated rings. The van der Waals surface area contributed by atoms with Crippen molar-refractivity contribution in [2.75, 3.05) is 18.8 Å². The van der Waals surface area contributed by atoms with E-state index in [-0.39, 0.29) is 5.91 Å². The molecule has 1 N–H and O–H groups in total. The molecule has 0 aromatic carbocycles. The molecule has 2 aliphatic heterocycles. The van der Waals surface area contributed by atoms with Crippen molar-refractivity contribution in [3.8, 4) is 0 Å². The smallest absolute Gasteiger partial charge is 0.264 e. The maximum atomic E-state index is 12.6. The maximum absolute atomic E-state index is 12.6. The van der Waals surface area contributed by atoms with Crippen LogP contribution in [0.2, 0.25) is 0 Å². The van der Waals surface area contributed by atoms with Gasteiger partial charge in [-0.05, 0) is 37.7 Å². The van der Waals surface area contributed by atoms with Crippen LogP contribution >= 0.6 is 23.1 Å². The van der Waals surface area contributed by atoms with E-state index in [1.54, 1.807) is 11.3 Å². The van der Waals surface area contributed by atoms with Crippen LogP contribution in [0.15, 0.2) is 6.07 Å². The van der Waals surface area contributed by atoms with Crippen molar-refractivity contribution in [3.63, 3.8) is 0 Å². The van der Waals surface area contributed by atoms with E-state index in [1.807, 2.05) is 16.7 Å². The topological polar surface area (TPSA) is 32.3 Å². The molecular formula is C14H20N2OS2. The van der Waals surface area contributed by atoms with Crippen LogP contribution in [0.3, 0.4) is 0 Å². The van der Waals surface area contributed by atoms with Gasteiger partial charge in [-0.15, -0.1) is 11.3 Å². The van der Waals surface area contributed by atoms with Gasteiger partial charge in [0, 0.05) is 35.8 Å². The van der Waals surface area contributed by atoms with Gasteiger partial charge in [-0.25, -0.2) is 0 Å². The Bertz CT molecular complexity index is 452. The Hall–Kier alpha value is -0.520. The molecule has 0 saturated carbocycles. The molecule has 0 bridgehead atoms. The minimum atomic E-state index is 0.226. The van der Waals surface area contributed by atoms with E-state index in [0.717, 1.165) is 30.1 Å². The number of fused-ring (bicyclic) bond motifs is 1. The van der Waals surface area contributed by atoms with Gasteiger partial charge in [0.05, 0.1) is 4.88 Å². The van der Waals surface area contributed by atoms with Crippen LogP contribution in [-0.2, 0) is 12.2 Å². The lowest BCUT2D eigenvalue weighted by molar-refractivity contribution is 0.0678. The average molecular weight is 296 g/mol. The highest BCUT2D eigenvalue weighted by molar-refractivity contribution is 7.98. The zero-order valence-electron chi connectivity index (χ0n) is 11.4. The molecule has 2 atom stereocenters. The number of nitrogens with zero attached hydrogens (tertiary/aromatic N) is 1. The summed E-state index contributed by atoms with van der Waals surface area (Å²) >= 11 is 3.69. The van der Waals surface area contributed by atoms with Crippen molar-refractivity contribution in [2.45, 2.75) is 38.1 Å². The summed E-state index contributed by atoms with van der Waals surface area (Å²) < 4.78 is 0. The van der Waals surface area contributed by atoms with Crippen molar-refractivity contribution in [2.24, 2.45) is 0 Å². The Morgan fingerprint density at radius 2 is 2.11 bits per heavy atom. The Morgan fingerprint density at radius 1 is 1.37 bits per heavy atom. The average Bonchev–Trinajstić information content (AvgIpc) is 2.80. The largest absolute Gasteiger partial charge is 0.335 e. The fraction of sp³-hybridized carbons (Fsp3) is 0.643. The van der Waals surface area contributed by atoms with Crippen LogP contribution in [0.1, 0.15) is 34.0 Å². The van der Waals surface area contributed by atoms with E-state index in [1.165, 1.54) is 16.2 Å². The van der Waals surface area contributed by atoms with E-state index < -0.39 is 0 Å². The summed E-state index contributed by atoms with van der Waals surface area (Å²) in [5, 5.41) is 3.47. The van der Waals surface area contributed by atoms with Gasteiger partial charge < -0.3 is 10.2 Å². The van der Waals surface area contributed by atoms with Crippen molar-refractivity contribution >= 4 is 29.0 Å². The molecule has 2 unspecified atom stereocenters. The highest BCUT2D eigenvalue weighted by Crippen LogP contribution is 2.32. The summed E-state index contributed by atoms with van der Waals surface area (Å²) in [5.41, 5.74) is 1.39. The number of hydrogen-bond donors (Lipinski definition) is 1. The molecule has 1 amide bonds. The summed E-state index contributed by atoms with van der Waals surface area (Å²) in [7, 11) is 0. The number of carbonyl (C=O) groups excluding carboxylic acids is 1. The van der Waals surface area contributed by atoms with Gasteiger partial charge in [-0.1, -0.05) is 0 Å². The Balaban J connectivity index is 1.77. The SMILES string of the molecule is CC1CN(C(=O)c2cc3c(s2)CCSC3)CC(C)N1. The summed E-state index contributed by atoms with van der Waals surface area (Å²) in [4.78, 5) is 17.0. The number of amides is 1. The molecule has 19 heavy (non-hydrogen) atoms. The molecule has 104 valence electrons. The normalized spacial score (nSPS) is 27.2. The minimum Gasteiger partial charge on any atom is -0.335 e. The third-order valence-corrected chi connectivity index (χ3v) is 5.92. The first-order valence-electron chi connectivity index (χ1n) is 6.88. The second-order valence-electron chi connectivity index (χ2n) is 5.54. The predicted molar refractivity (Wildman–Crippen MR) is 82.1 cm³/mol. The molecule has 1 saturated heterocycles. The monoisotopic (exact) mass is 296 g/mol. The Kier molecular flexibility index (Phi) is 3.87. The van der Waals surface area contributed by atoms with Gasteiger partial charge in [0.25, 0.3) is 5.91 Å². The molecule has 3 rings (SSSR count). The second-order valence-corrected chi connectivity index (χ2v) is 7.78. The second kappa shape index (κ2) is 5.46. The van der Waals surface area contributed by atoms with Crippen molar-refractivity contribution < 1.29 is 4.79 Å². The quantitative estimate of drug-likeness (QED) is 0.863. The highest BCUT2D eigenvalue weighted by Gasteiger charge is 2.27. The van der Waals surface area contributed by atoms with Gasteiger partial charge in [0.2, 0.25) is 0 Å². The predicted octanol–water partition coefficient (Wildman–Crippen LogP) is 2.36. The maximum Gasteiger partial charge on any atom is 0.264 e. The van der Waals surface area contributed by atoms with Crippen LogP contribution in [0.4, 0.5) is 0 Å². The van der Waals surface area contributed by atoms with Crippen molar-refractivity contribution in [3.05, 3.63) is 21.4 Å². The molecule has 2 aliphatic rings. The summed E-state index contributed by atoms with van der Waals surface area (Å²) in [6, 6.07) is 2.90. The van der Waals surface area contributed by atoms with Crippen LogP contribution in [0, 0.1) is 0 Å². The fourth-order valence-corrected chi connectivity index (χ4v) is 5.24. The first kappa shape index (κ1) is 13.5. The van der Waals surface area contributed by atoms with E-state index in [2.05, 4.69) is 25.2 Å². The Labute approximate surface area is 122 Å². The number of carbonyl (C=O) groups is 1. The zero-order valence-corrected chi connectivity index (χ0v) is 13.1. The van der Waals surface area contributed by atoms with Crippen molar-refractivity contribution in [1.29, 1.82) is 0 Å². The highest BCUT2D eigenvalue weighted by atomic mass is 32.2. The summed E-state index contributed by atoms with van der Waals surface area (Å²) in [6.07, 6.45) is 1.13. The lowest BCUT2D eigenvalue weighted by Gasteiger charge is -2.35. The first-order chi connectivity index (χ1) is 9.13. The van der Waals surface area contributed by atoms with Gasteiger partial charge in [-0.2, -0.15) is 11.8 Å². The lowest BCUT2D eigenvalue weighted by atomic mass is 10.1. The van der Waals surface area contributed by atoms with Gasteiger partial charge >= 0.3 is 0 Å². The third kappa shape index (κ3) is 2.83. The number of aryl methyl sites for hydroxylation is 1. The number of thiophene rings is 1. The van der Waals surface area contributed by atoms with Gasteiger partial charge in [0.1, 0.15) is 0 Å². The summed E-state index contributed by atoms with van der Waals surface area (Å²) in [5.74, 6) is 2.50. The number of hydrogen-bond acceptors (Lipinski definition) is 4. The van der Waals surface area contributed by atoms with E-state index >= 15 is 0 Å². The molecule has 5 heteroatoms. The zero-order chi connectivity index (χ0) is 13.4. The summed E-state index contributed by atoms with van der Waals surface area (Å²) in [6.45, 7) is 5.93. The van der Waals surface area contributed by atoms with Crippen LogP contribution < -0.4 is 5.32 Å². The van der Waals surface area contributed by atoms with Crippen molar-refractivity contribution in [1.82, 2.24) is 10.2 Å². The number of thioether (sulfide) groups is 1. The van der Waals surface area contributed by atoms with E-state index in [0.29, 0.717) is 12.1 Å². The first-order valence-corrected chi connectivity index (χ1v) is 8.85. The standard InChI is InChI=1S/C14H20N2OS2/c1-9-6-16(7-10(2)15-9)14(17)13-5-11-8-18-4-3-12(11)19-13/h5,9-10,15H,3-4,6-8H2,1-2H3. The third-order valence-electron chi connectivity index (χ3n) is 3.68. The van der Waals surface area contributed by atoms with Crippen LogP contribution in [0.25, 0.3) is 0 Å². The fourth-order valence-electron chi connectivity index (χ4n) is 2.90. The van der Waals surface area contributed by atoms with E-state index in [9.17, 15) is 4.79 Å². The van der Waals surface area contributed by atoms with Gasteiger partial charge in [-0.3, -0.25) is 4.79 Å².